The molecule has 0 bridgehead atoms. The summed E-state index contributed by atoms with van der Waals surface area (Å²) in [6, 6.07) is 4.02. The zero-order chi connectivity index (χ0) is 17.1. The third-order valence-corrected chi connectivity index (χ3v) is 4.21. The molecule has 0 spiro atoms. The summed E-state index contributed by atoms with van der Waals surface area (Å²) >= 11 is 0. The Morgan fingerprint density at radius 2 is 1.82 bits per heavy atom. The molecule has 0 unspecified atom stereocenters. The Morgan fingerprint density at radius 3 is 2.27 bits per heavy atom. The van der Waals surface area contributed by atoms with Crippen LogP contribution in [0.15, 0.2) is 24.3 Å². The van der Waals surface area contributed by atoms with E-state index in [9.17, 15) is 26.4 Å². The molecule has 0 saturated heterocycles. The van der Waals surface area contributed by atoms with Crippen LogP contribution >= 0.6 is 0 Å². The molecule has 0 radical (unpaired) electrons. The van der Waals surface area contributed by atoms with E-state index in [1.807, 2.05) is 0 Å². The molecule has 0 aliphatic carbocycles. The van der Waals surface area contributed by atoms with Gasteiger partial charge in [-0.25, -0.2) is 8.42 Å². The third-order valence-electron chi connectivity index (χ3n) is 2.81. The van der Waals surface area contributed by atoms with Crippen molar-refractivity contribution in [1.29, 1.82) is 0 Å². The number of anilines is 1. The molecular weight excluding hydrogens is 321 g/mol. The fourth-order valence-corrected chi connectivity index (χ4v) is 2.97. The van der Waals surface area contributed by atoms with E-state index >= 15 is 0 Å². The summed E-state index contributed by atoms with van der Waals surface area (Å²) in [6.07, 6.45) is -3.68. The number of alkyl halides is 3. The largest absolute Gasteiger partial charge is 0.418 e. The number of benzene rings is 1. The molecule has 1 aromatic carbocycles. The van der Waals surface area contributed by atoms with Gasteiger partial charge in [0.2, 0.25) is 15.9 Å². The number of halogens is 3. The number of nitrogens with zero attached hydrogens (tertiary/aromatic N) is 1. The molecule has 0 atom stereocenters. The zero-order valence-corrected chi connectivity index (χ0v) is 13.1. The summed E-state index contributed by atoms with van der Waals surface area (Å²) in [4.78, 5) is 11.9. The average molecular weight is 338 g/mol. The molecule has 22 heavy (non-hydrogen) atoms. The summed E-state index contributed by atoms with van der Waals surface area (Å²) in [5.74, 6) is -0.837. The van der Waals surface area contributed by atoms with E-state index in [0.717, 1.165) is 22.7 Å². The molecule has 1 N–H and O–H groups in total. The van der Waals surface area contributed by atoms with Crippen molar-refractivity contribution in [3.63, 3.8) is 0 Å². The Labute approximate surface area is 127 Å². The van der Waals surface area contributed by atoms with Crippen molar-refractivity contribution in [3.05, 3.63) is 29.8 Å². The van der Waals surface area contributed by atoms with Crippen LogP contribution < -0.4 is 5.32 Å². The van der Waals surface area contributed by atoms with Crippen LogP contribution in [0.25, 0.3) is 0 Å². The third kappa shape index (κ3) is 4.99. The predicted octanol–water partition coefficient (Wildman–Crippen LogP) is 2.31. The highest BCUT2D eigenvalue weighted by Crippen LogP contribution is 2.34. The number of rotatable bonds is 5. The first-order valence-electron chi connectivity index (χ1n) is 6.36. The van der Waals surface area contributed by atoms with Crippen LogP contribution in [0, 0.1) is 0 Å². The fourth-order valence-electron chi connectivity index (χ4n) is 1.85. The van der Waals surface area contributed by atoms with Crippen LogP contribution in [0.2, 0.25) is 0 Å². The number of para-hydroxylation sites is 1. The van der Waals surface area contributed by atoms with Crippen molar-refractivity contribution < 1.29 is 26.4 Å². The number of hydrogen-bond donors (Lipinski definition) is 1. The minimum Gasteiger partial charge on any atom is -0.324 e. The van der Waals surface area contributed by atoms with Crippen molar-refractivity contribution in [1.82, 2.24) is 4.31 Å². The van der Waals surface area contributed by atoms with Gasteiger partial charge in [-0.1, -0.05) is 12.1 Å². The summed E-state index contributed by atoms with van der Waals surface area (Å²) in [7, 11) is -3.64. The zero-order valence-electron chi connectivity index (χ0n) is 12.3. The second kappa shape index (κ2) is 6.66. The smallest absolute Gasteiger partial charge is 0.324 e. The fraction of sp³-hybridized carbons (Fsp3) is 0.462. The molecule has 0 aliphatic rings. The molecule has 9 heteroatoms. The van der Waals surface area contributed by atoms with Crippen LogP contribution in [-0.4, -0.2) is 37.5 Å². The summed E-state index contributed by atoms with van der Waals surface area (Å²) < 4.78 is 62.5. The van der Waals surface area contributed by atoms with Gasteiger partial charge in [0.1, 0.15) is 0 Å². The van der Waals surface area contributed by atoms with Gasteiger partial charge in [0.15, 0.2) is 0 Å². The highest BCUT2D eigenvalue weighted by Gasteiger charge is 2.34. The lowest BCUT2D eigenvalue weighted by Crippen LogP contribution is -2.41. The van der Waals surface area contributed by atoms with E-state index in [1.165, 1.54) is 12.1 Å². The first-order chi connectivity index (χ1) is 9.93. The normalized spacial score (nSPS) is 12.7. The summed E-state index contributed by atoms with van der Waals surface area (Å²) in [5, 5.41) is 2.11. The van der Waals surface area contributed by atoms with E-state index in [1.54, 1.807) is 13.8 Å². The van der Waals surface area contributed by atoms with Gasteiger partial charge in [-0.3, -0.25) is 4.79 Å². The SMILES string of the molecule is CC(C)N(CC(=O)Nc1ccccc1C(F)(F)F)S(C)(=O)=O. The first kappa shape index (κ1) is 18.4. The Hall–Kier alpha value is -1.61. The van der Waals surface area contributed by atoms with Crippen molar-refractivity contribution in [2.24, 2.45) is 0 Å². The molecule has 0 saturated carbocycles. The number of carbonyl (C=O) groups excluding carboxylic acids is 1. The highest BCUT2D eigenvalue weighted by atomic mass is 32.2. The van der Waals surface area contributed by atoms with Crippen molar-refractivity contribution in [3.8, 4) is 0 Å². The number of carbonyl (C=O) groups is 1. The molecular formula is C13H17F3N2O3S. The standard InChI is InChI=1S/C13H17F3N2O3S/c1-9(2)18(22(3,20)21)8-12(19)17-11-7-5-4-6-10(11)13(14,15)16/h4-7,9H,8H2,1-3H3,(H,17,19). The van der Waals surface area contributed by atoms with Gasteiger partial charge in [-0.2, -0.15) is 17.5 Å². The van der Waals surface area contributed by atoms with Gasteiger partial charge < -0.3 is 5.32 Å². The van der Waals surface area contributed by atoms with E-state index < -0.39 is 45.9 Å². The van der Waals surface area contributed by atoms with E-state index in [-0.39, 0.29) is 0 Å². The van der Waals surface area contributed by atoms with Gasteiger partial charge in [-0.05, 0) is 26.0 Å². The van der Waals surface area contributed by atoms with Crippen LogP contribution in [0.5, 0.6) is 0 Å². The van der Waals surface area contributed by atoms with Crippen molar-refractivity contribution >= 4 is 21.6 Å². The molecule has 124 valence electrons. The minimum absolute atomic E-state index is 0.405. The summed E-state index contributed by atoms with van der Waals surface area (Å²) in [6.45, 7) is 2.58. The number of hydrogen-bond acceptors (Lipinski definition) is 3. The molecule has 0 heterocycles. The van der Waals surface area contributed by atoms with Gasteiger partial charge in [0.05, 0.1) is 24.1 Å². The Kier molecular flexibility index (Phi) is 5.58. The second-order valence-corrected chi connectivity index (χ2v) is 6.93. The molecule has 1 amide bonds. The van der Waals surface area contributed by atoms with Crippen molar-refractivity contribution in [2.45, 2.75) is 26.1 Å². The second-order valence-electron chi connectivity index (χ2n) is 4.99. The maximum atomic E-state index is 12.8. The van der Waals surface area contributed by atoms with Crippen LogP contribution in [0.4, 0.5) is 18.9 Å². The maximum Gasteiger partial charge on any atom is 0.418 e. The molecule has 0 aliphatic heterocycles. The highest BCUT2D eigenvalue weighted by molar-refractivity contribution is 7.88. The topological polar surface area (TPSA) is 66.5 Å². The van der Waals surface area contributed by atoms with Gasteiger partial charge >= 0.3 is 6.18 Å². The number of amides is 1. The average Bonchev–Trinajstić information content (AvgIpc) is 2.33. The lowest BCUT2D eigenvalue weighted by molar-refractivity contribution is -0.137. The molecule has 5 nitrogen and oxygen atoms in total. The Morgan fingerprint density at radius 1 is 1.27 bits per heavy atom. The van der Waals surface area contributed by atoms with Gasteiger partial charge in [0, 0.05) is 6.04 Å². The van der Waals surface area contributed by atoms with E-state index in [0.29, 0.717) is 0 Å². The molecule has 1 rings (SSSR count). The maximum absolute atomic E-state index is 12.8. The van der Waals surface area contributed by atoms with Crippen molar-refractivity contribution in [2.75, 3.05) is 18.1 Å². The van der Waals surface area contributed by atoms with Gasteiger partial charge in [0.25, 0.3) is 0 Å². The lowest BCUT2D eigenvalue weighted by atomic mass is 10.1. The Bertz CT molecular complexity index is 642. The minimum atomic E-state index is -4.61. The van der Waals surface area contributed by atoms with Crippen LogP contribution in [-0.2, 0) is 21.0 Å². The number of sulfonamides is 1. The number of nitrogens with one attached hydrogen (secondary N) is 1. The monoisotopic (exact) mass is 338 g/mol. The van der Waals surface area contributed by atoms with Gasteiger partial charge in [-0.15, -0.1) is 0 Å². The van der Waals surface area contributed by atoms with Crippen LogP contribution in [0.3, 0.4) is 0 Å². The quantitative estimate of drug-likeness (QED) is 0.896. The van der Waals surface area contributed by atoms with Crippen LogP contribution in [0.1, 0.15) is 19.4 Å². The van der Waals surface area contributed by atoms with E-state index in [4.69, 9.17) is 0 Å². The summed E-state index contributed by atoms with van der Waals surface area (Å²) in [5.41, 5.74) is -1.39. The lowest BCUT2D eigenvalue weighted by Gasteiger charge is -2.23. The van der Waals surface area contributed by atoms with E-state index in [2.05, 4.69) is 5.32 Å². The predicted molar refractivity (Wildman–Crippen MR) is 76.8 cm³/mol. The molecule has 1 aromatic rings. The Balaban J connectivity index is 2.95. The first-order valence-corrected chi connectivity index (χ1v) is 8.20. The molecule has 0 aromatic heterocycles. The molecule has 0 fully saturated rings.